The molecule has 1 amide bonds. The van der Waals surface area contributed by atoms with Crippen LogP contribution in [-0.2, 0) is 32.0 Å². The smallest absolute Gasteiger partial charge is 0.248 e. The van der Waals surface area contributed by atoms with Crippen molar-refractivity contribution in [2.45, 2.75) is 26.3 Å². The first-order chi connectivity index (χ1) is 12.8. The van der Waals surface area contributed by atoms with Gasteiger partial charge in [0, 0.05) is 45.8 Å². The Balaban J connectivity index is 1.56. The summed E-state index contributed by atoms with van der Waals surface area (Å²) >= 11 is 0. The second-order valence-corrected chi connectivity index (χ2v) is 6.44. The van der Waals surface area contributed by atoms with Gasteiger partial charge in [-0.05, 0) is 25.0 Å². The number of hydrogen-bond acceptors (Lipinski definition) is 7. The molecule has 0 aliphatic carbocycles. The Labute approximate surface area is 154 Å². The zero-order valence-electron chi connectivity index (χ0n) is 15.5. The van der Waals surface area contributed by atoms with Crippen molar-refractivity contribution in [1.82, 2.24) is 15.1 Å². The van der Waals surface area contributed by atoms with E-state index in [1.54, 1.807) is 0 Å². The zero-order valence-corrected chi connectivity index (χ0v) is 15.5. The summed E-state index contributed by atoms with van der Waals surface area (Å²) < 4.78 is 16.1. The molecule has 0 aromatic carbocycles. The van der Waals surface area contributed by atoms with Gasteiger partial charge in [0.2, 0.25) is 5.91 Å². The van der Waals surface area contributed by atoms with Crippen molar-refractivity contribution in [2.75, 3.05) is 64.2 Å². The fraction of sp³-hybridized carbons (Fsp3) is 0.722. The number of amides is 1. The molecule has 8 nitrogen and oxygen atoms in total. The molecule has 3 rings (SSSR count). The van der Waals surface area contributed by atoms with Gasteiger partial charge >= 0.3 is 0 Å². The van der Waals surface area contributed by atoms with Crippen LogP contribution in [0.4, 0.5) is 5.82 Å². The molecule has 8 heteroatoms. The van der Waals surface area contributed by atoms with Gasteiger partial charge in [-0.15, -0.1) is 5.10 Å². The Kier molecular flexibility index (Phi) is 7.16. The van der Waals surface area contributed by atoms with Crippen LogP contribution in [0.3, 0.4) is 0 Å². The molecule has 0 atom stereocenters. The lowest BCUT2D eigenvalue weighted by Gasteiger charge is -2.29. The molecule has 1 aromatic rings. The topological polar surface area (TPSA) is 77.0 Å². The number of aromatic nitrogens is 2. The quantitative estimate of drug-likeness (QED) is 0.657. The van der Waals surface area contributed by atoms with E-state index in [1.807, 2.05) is 11.8 Å². The average Bonchev–Trinajstić information content (AvgIpc) is 2.96. The maximum Gasteiger partial charge on any atom is 0.248 e. The van der Waals surface area contributed by atoms with E-state index in [1.165, 1.54) is 0 Å². The molecule has 0 saturated carbocycles. The highest BCUT2D eigenvalue weighted by molar-refractivity contribution is 5.77. The van der Waals surface area contributed by atoms with Crippen LogP contribution in [0.15, 0.2) is 6.07 Å². The maximum absolute atomic E-state index is 12.4. The minimum absolute atomic E-state index is 0.00804. The monoisotopic (exact) mass is 364 g/mol. The van der Waals surface area contributed by atoms with Crippen molar-refractivity contribution >= 4 is 11.7 Å². The number of carbonyl (C=O) groups is 1. The molecule has 0 N–H and O–H groups in total. The third-order valence-electron chi connectivity index (χ3n) is 4.63. The SMILES string of the molecule is CCOCCOCC(=O)N1CCc2nnc(N3CCCOCC3)cc2C1. The molecular weight excluding hydrogens is 336 g/mol. The molecule has 0 bridgehead atoms. The van der Waals surface area contributed by atoms with E-state index >= 15 is 0 Å². The minimum atomic E-state index is 0.00804. The highest BCUT2D eigenvalue weighted by Gasteiger charge is 2.23. The predicted molar refractivity (Wildman–Crippen MR) is 96.1 cm³/mol. The Morgan fingerprint density at radius 1 is 1.19 bits per heavy atom. The fourth-order valence-corrected chi connectivity index (χ4v) is 3.17. The molecule has 1 saturated heterocycles. The Hall–Kier alpha value is -1.77. The number of ether oxygens (including phenoxy) is 3. The van der Waals surface area contributed by atoms with Crippen LogP contribution in [0.5, 0.6) is 0 Å². The summed E-state index contributed by atoms with van der Waals surface area (Å²) in [6.45, 7) is 8.12. The van der Waals surface area contributed by atoms with Crippen molar-refractivity contribution in [1.29, 1.82) is 0 Å². The van der Waals surface area contributed by atoms with E-state index in [0.717, 1.165) is 49.6 Å². The highest BCUT2D eigenvalue weighted by atomic mass is 16.5. The molecule has 0 unspecified atom stereocenters. The highest BCUT2D eigenvalue weighted by Crippen LogP contribution is 2.21. The van der Waals surface area contributed by atoms with Crippen LogP contribution in [-0.4, -0.2) is 80.3 Å². The van der Waals surface area contributed by atoms with Crippen molar-refractivity contribution in [3.8, 4) is 0 Å². The van der Waals surface area contributed by atoms with Gasteiger partial charge in [-0.1, -0.05) is 0 Å². The lowest BCUT2D eigenvalue weighted by atomic mass is 10.1. The number of rotatable bonds is 7. The first-order valence-corrected chi connectivity index (χ1v) is 9.39. The van der Waals surface area contributed by atoms with Gasteiger partial charge in [0.1, 0.15) is 6.61 Å². The predicted octanol–water partition coefficient (Wildman–Crippen LogP) is 0.641. The normalized spacial score (nSPS) is 17.7. The first kappa shape index (κ1) is 19.0. The molecule has 2 aliphatic heterocycles. The maximum atomic E-state index is 12.4. The fourth-order valence-electron chi connectivity index (χ4n) is 3.17. The molecule has 144 valence electrons. The molecular formula is C18H28N4O4. The Bertz CT molecular complexity index is 591. The second-order valence-electron chi connectivity index (χ2n) is 6.44. The second kappa shape index (κ2) is 9.80. The minimum Gasteiger partial charge on any atom is -0.380 e. The van der Waals surface area contributed by atoms with Crippen LogP contribution in [0.1, 0.15) is 24.6 Å². The molecule has 1 fully saturated rings. The first-order valence-electron chi connectivity index (χ1n) is 9.39. The largest absolute Gasteiger partial charge is 0.380 e. The summed E-state index contributed by atoms with van der Waals surface area (Å²) in [6, 6.07) is 2.07. The van der Waals surface area contributed by atoms with Crippen molar-refractivity contribution in [2.24, 2.45) is 0 Å². The third-order valence-corrected chi connectivity index (χ3v) is 4.63. The van der Waals surface area contributed by atoms with Crippen LogP contribution in [0.2, 0.25) is 0 Å². The molecule has 26 heavy (non-hydrogen) atoms. The van der Waals surface area contributed by atoms with E-state index in [4.69, 9.17) is 14.2 Å². The number of hydrogen-bond donors (Lipinski definition) is 0. The summed E-state index contributed by atoms with van der Waals surface area (Å²) in [7, 11) is 0. The van der Waals surface area contributed by atoms with E-state index < -0.39 is 0 Å². The molecule has 0 spiro atoms. The standard InChI is InChI=1S/C18H28N4O4/c1-2-24-10-11-26-14-18(23)22-6-4-16-15(13-22)12-17(20-19-16)21-5-3-8-25-9-7-21/h12H,2-11,13-14H2,1H3. The summed E-state index contributed by atoms with van der Waals surface area (Å²) in [5.41, 5.74) is 2.07. The van der Waals surface area contributed by atoms with E-state index in [0.29, 0.717) is 39.5 Å². The number of fused-ring (bicyclic) bond motifs is 1. The lowest BCUT2D eigenvalue weighted by molar-refractivity contribution is -0.137. The molecule has 3 heterocycles. The van der Waals surface area contributed by atoms with Gasteiger partial charge in [0.05, 0.1) is 25.5 Å². The van der Waals surface area contributed by atoms with Crippen LogP contribution >= 0.6 is 0 Å². The number of carbonyl (C=O) groups excluding carboxylic acids is 1. The molecule has 2 aliphatic rings. The summed E-state index contributed by atoms with van der Waals surface area (Å²) in [6.07, 6.45) is 1.72. The van der Waals surface area contributed by atoms with Crippen LogP contribution in [0, 0.1) is 0 Å². The summed E-state index contributed by atoms with van der Waals surface area (Å²) in [5, 5.41) is 8.78. The molecule has 1 aromatic heterocycles. The van der Waals surface area contributed by atoms with Crippen molar-refractivity contribution in [3.05, 3.63) is 17.3 Å². The van der Waals surface area contributed by atoms with Gasteiger partial charge in [0.25, 0.3) is 0 Å². The summed E-state index contributed by atoms with van der Waals surface area (Å²) in [5.74, 6) is 0.880. The van der Waals surface area contributed by atoms with Gasteiger partial charge in [-0.3, -0.25) is 4.79 Å². The van der Waals surface area contributed by atoms with Gasteiger partial charge < -0.3 is 24.0 Å². The van der Waals surface area contributed by atoms with E-state index in [9.17, 15) is 4.79 Å². The number of nitrogens with zero attached hydrogens (tertiary/aromatic N) is 4. The Morgan fingerprint density at radius 3 is 2.96 bits per heavy atom. The van der Waals surface area contributed by atoms with Gasteiger partial charge in [-0.25, -0.2) is 0 Å². The van der Waals surface area contributed by atoms with Gasteiger partial charge in [-0.2, -0.15) is 5.10 Å². The average molecular weight is 364 g/mol. The van der Waals surface area contributed by atoms with E-state index in [-0.39, 0.29) is 12.5 Å². The van der Waals surface area contributed by atoms with Crippen molar-refractivity contribution in [3.63, 3.8) is 0 Å². The molecule has 0 radical (unpaired) electrons. The zero-order chi connectivity index (χ0) is 18.2. The third kappa shape index (κ3) is 5.12. The Morgan fingerprint density at radius 2 is 2.08 bits per heavy atom. The summed E-state index contributed by atoms with van der Waals surface area (Å²) in [4.78, 5) is 16.4. The van der Waals surface area contributed by atoms with Crippen LogP contribution in [0.25, 0.3) is 0 Å². The van der Waals surface area contributed by atoms with Gasteiger partial charge in [0.15, 0.2) is 5.82 Å². The van der Waals surface area contributed by atoms with Crippen molar-refractivity contribution < 1.29 is 19.0 Å². The number of anilines is 1. The van der Waals surface area contributed by atoms with E-state index in [2.05, 4.69) is 21.2 Å². The lowest BCUT2D eigenvalue weighted by Crippen LogP contribution is -2.39. The van der Waals surface area contributed by atoms with Crippen LogP contribution < -0.4 is 4.90 Å².